The molecule has 0 N–H and O–H groups in total. The van der Waals surface area contributed by atoms with Crippen LogP contribution in [-0.2, 0) is 16.0 Å². The lowest BCUT2D eigenvalue weighted by molar-refractivity contribution is -0.152. The molecule has 1 fully saturated rings. The highest BCUT2D eigenvalue weighted by Gasteiger charge is 2.62. The molecule has 0 heterocycles. The zero-order valence-electron chi connectivity index (χ0n) is 14.1. The first-order valence-electron chi connectivity index (χ1n) is 8.25. The van der Waals surface area contributed by atoms with Gasteiger partial charge < -0.3 is 9.47 Å². The Hall–Kier alpha value is -1.19. The van der Waals surface area contributed by atoms with Gasteiger partial charge in [-0.3, -0.25) is 4.79 Å². The van der Waals surface area contributed by atoms with Gasteiger partial charge in [0.05, 0.1) is 13.0 Å². The molecule has 1 aromatic rings. The maximum absolute atomic E-state index is 12.7. The van der Waals surface area contributed by atoms with E-state index in [-0.39, 0.29) is 33.8 Å². The monoisotopic (exact) mass is 368 g/mol. The van der Waals surface area contributed by atoms with Crippen LogP contribution >= 0.6 is 23.2 Å². The van der Waals surface area contributed by atoms with E-state index in [9.17, 15) is 4.79 Å². The minimum Gasteiger partial charge on any atom is -0.496 e. The first-order valence-corrected chi connectivity index (χ1v) is 9.01. The first kappa shape index (κ1) is 17.6. The highest BCUT2D eigenvalue weighted by Crippen LogP contribution is 2.60. The second kappa shape index (κ2) is 6.61. The maximum atomic E-state index is 12.7. The van der Waals surface area contributed by atoms with Crippen molar-refractivity contribution < 1.29 is 14.3 Å². The second-order valence-electron chi connectivity index (χ2n) is 7.13. The molecule has 2 aliphatic rings. The van der Waals surface area contributed by atoms with Gasteiger partial charge in [-0.1, -0.05) is 49.2 Å². The van der Waals surface area contributed by atoms with Crippen molar-refractivity contribution >= 4 is 29.2 Å². The van der Waals surface area contributed by atoms with E-state index >= 15 is 0 Å². The predicted octanol–water partition coefficient (Wildman–Crippen LogP) is 5.21. The predicted molar refractivity (Wildman–Crippen MR) is 95.3 cm³/mol. The Balaban J connectivity index is 1.77. The average Bonchev–Trinajstić information content (AvgIpc) is 3.06. The van der Waals surface area contributed by atoms with E-state index in [0.29, 0.717) is 0 Å². The average molecular weight is 369 g/mol. The fourth-order valence-electron chi connectivity index (χ4n) is 3.87. The van der Waals surface area contributed by atoms with Crippen LogP contribution in [0.2, 0.25) is 0 Å². The summed E-state index contributed by atoms with van der Waals surface area (Å²) in [5, 5.41) is 0. The van der Waals surface area contributed by atoms with Crippen LogP contribution < -0.4 is 4.74 Å². The summed E-state index contributed by atoms with van der Waals surface area (Å²) >= 11 is 11.5. The zero-order chi connectivity index (χ0) is 17.5. The lowest BCUT2D eigenvalue weighted by Gasteiger charge is -2.27. The fraction of sp³-hybridized carbons (Fsp3) is 0.526. The number of allylic oxidation sites excluding steroid dienone is 1. The van der Waals surface area contributed by atoms with E-state index in [1.54, 1.807) is 13.2 Å². The van der Waals surface area contributed by atoms with Crippen LogP contribution in [0.15, 0.2) is 28.8 Å². The Morgan fingerprint density at radius 2 is 2.08 bits per heavy atom. The summed E-state index contributed by atoms with van der Waals surface area (Å²) < 4.78 is 11.5. The number of benzene rings is 1. The van der Waals surface area contributed by atoms with Crippen LogP contribution in [0.25, 0.3) is 0 Å². The molecular weight excluding hydrogens is 347 g/mol. The van der Waals surface area contributed by atoms with Crippen LogP contribution in [-0.4, -0.2) is 13.1 Å². The number of rotatable bonds is 4. The number of ether oxygens (including phenoxy) is 2. The molecule has 0 aliphatic heterocycles. The summed E-state index contributed by atoms with van der Waals surface area (Å²) in [6, 6.07) is 5.93. The van der Waals surface area contributed by atoms with Crippen molar-refractivity contribution in [3.05, 3.63) is 39.9 Å². The third kappa shape index (κ3) is 3.16. The van der Waals surface area contributed by atoms with Crippen molar-refractivity contribution in [2.75, 3.05) is 7.11 Å². The Kier molecular flexibility index (Phi) is 4.85. The van der Waals surface area contributed by atoms with Gasteiger partial charge in [0.25, 0.3) is 0 Å². The number of methoxy groups -OCH3 is 1. The molecule has 2 aliphatic carbocycles. The quantitative estimate of drug-likeness (QED) is 0.684. The van der Waals surface area contributed by atoms with Crippen molar-refractivity contribution in [2.24, 2.45) is 17.3 Å². The van der Waals surface area contributed by atoms with Gasteiger partial charge in [-0.2, -0.15) is 0 Å². The molecular formula is C19H22Cl2O3. The normalized spacial score (nSPS) is 27.0. The summed E-state index contributed by atoms with van der Waals surface area (Å²) in [4.78, 5) is 12.7. The van der Waals surface area contributed by atoms with E-state index in [2.05, 4.69) is 0 Å². The smallest absolute Gasteiger partial charge is 0.310 e. The van der Waals surface area contributed by atoms with Gasteiger partial charge in [0.1, 0.15) is 16.3 Å². The first-order chi connectivity index (χ1) is 11.4. The van der Waals surface area contributed by atoms with E-state index in [1.165, 1.54) is 0 Å². The topological polar surface area (TPSA) is 35.5 Å². The van der Waals surface area contributed by atoms with Crippen molar-refractivity contribution in [3.8, 4) is 5.75 Å². The molecule has 0 spiro atoms. The molecule has 3 atom stereocenters. The van der Waals surface area contributed by atoms with Gasteiger partial charge in [-0.25, -0.2) is 0 Å². The number of hydrogen-bond acceptors (Lipinski definition) is 3. The van der Waals surface area contributed by atoms with Gasteiger partial charge in [0.15, 0.2) is 0 Å². The summed E-state index contributed by atoms with van der Waals surface area (Å²) in [6.07, 6.45) is 4.32. The van der Waals surface area contributed by atoms with Crippen LogP contribution in [0, 0.1) is 17.3 Å². The molecule has 0 saturated heterocycles. The van der Waals surface area contributed by atoms with Crippen molar-refractivity contribution in [3.63, 3.8) is 0 Å². The molecule has 0 aromatic heterocycles. The Labute approximate surface area is 152 Å². The van der Waals surface area contributed by atoms with Gasteiger partial charge in [-0.15, -0.1) is 0 Å². The molecule has 24 heavy (non-hydrogen) atoms. The molecule has 3 nitrogen and oxygen atoms in total. The van der Waals surface area contributed by atoms with E-state index in [0.717, 1.165) is 36.1 Å². The molecule has 3 rings (SSSR count). The number of esters is 1. The van der Waals surface area contributed by atoms with Crippen molar-refractivity contribution in [1.82, 2.24) is 0 Å². The zero-order valence-corrected chi connectivity index (χ0v) is 15.7. The van der Waals surface area contributed by atoms with Crippen LogP contribution in [0.3, 0.4) is 0 Å². The summed E-state index contributed by atoms with van der Waals surface area (Å²) in [5.41, 5.74) is 2.05. The van der Waals surface area contributed by atoms with Crippen LogP contribution in [0.1, 0.15) is 43.9 Å². The lowest BCUT2D eigenvalue weighted by atomic mass is 9.88. The van der Waals surface area contributed by atoms with Crippen molar-refractivity contribution in [1.29, 1.82) is 0 Å². The van der Waals surface area contributed by atoms with E-state index in [4.69, 9.17) is 32.7 Å². The minimum atomic E-state index is -0.205. The Morgan fingerprint density at radius 1 is 1.33 bits per heavy atom. The number of carbonyl (C=O) groups is 1. The molecule has 5 heteroatoms. The summed E-state index contributed by atoms with van der Waals surface area (Å²) in [5.74, 6) is 0.538. The van der Waals surface area contributed by atoms with E-state index < -0.39 is 0 Å². The molecule has 0 bridgehead atoms. The Bertz CT molecular complexity index is 677. The third-order valence-corrected chi connectivity index (χ3v) is 5.61. The number of hydrogen-bond donors (Lipinski definition) is 0. The standard InChI is InChI=1S/C19H22Cl2O3/c1-19(2)13(10-16(20)21)17(19)18(22)24-15-9-5-6-11-12(15)7-4-8-14(11)23-3/h4,7-8,10,13,15,17H,5-6,9H2,1-3H3. The lowest BCUT2D eigenvalue weighted by Crippen LogP contribution is -2.19. The second-order valence-corrected chi connectivity index (χ2v) is 8.13. The SMILES string of the molecule is COc1cccc2c1CCCC2OC(=O)C1C(C=C(Cl)Cl)C1(C)C. The molecule has 130 valence electrons. The van der Waals surface area contributed by atoms with Gasteiger partial charge in [0.2, 0.25) is 0 Å². The van der Waals surface area contributed by atoms with Crippen LogP contribution in [0.5, 0.6) is 5.75 Å². The molecule has 1 saturated carbocycles. The van der Waals surface area contributed by atoms with E-state index in [1.807, 2.05) is 32.0 Å². The highest BCUT2D eigenvalue weighted by molar-refractivity contribution is 6.55. The molecule has 3 unspecified atom stereocenters. The Morgan fingerprint density at radius 3 is 2.75 bits per heavy atom. The highest BCUT2D eigenvalue weighted by atomic mass is 35.5. The largest absolute Gasteiger partial charge is 0.496 e. The van der Waals surface area contributed by atoms with Gasteiger partial charge >= 0.3 is 5.97 Å². The number of fused-ring (bicyclic) bond motifs is 1. The summed E-state index contributed by atoms with van der Waals surface area (Å²) in [6.45, 7) is 4.07. The fourth-order valence-corrected chi connectivity index (χ4v) is 4.14. The number of halogens is 2. The van der Waals surface area contributed by atoms with Gasteiger partial charge in [-0.05, 0) is 48.3 Å². The van der Waals surface area contributed by atoms with Crippen LogP contribution in [0.4, 0.5) is 0 Å². The maximum Gasteiger partial charge on any atom is 0.310 e. The van der Waals surface area contributed by atoms with Crippen molar-refractivity contribution in [2.45, 2.75) is 39.2 Å². The molecule has 0 radical (unpaired) electrons. The number of carbonyl (C=O) groups excluding carboxylic acids is 1. The third-order valence-electron chi connectivity index (χ3n) is 5.36. The molecule has 1 aromatic carbocycles. The molecule has 0 amide bonds. The summed E-state index contributed by atoms with van der Waals surface area (Å²) in [7, 11) is 1.67. The minimum absolute atomic E-state index is 0.0309. The van der Waals surface area contributed by atoms with Gasteiger partial charge in [0, 0.05) is 5.56 Å².